The Balaban J connectivity index is 3.00. The summed E-state index contributed by atoms with van der Waals surface area (Å²) >= 11 is 0. The Morgan fingerprint density at radius 2 is 0.314 bits per heavy atom. The molecule has 0 saturated carbocycles. The molecule has 0 aliphatic rings. The first-order chi connectivity index (χ1) is 17.4. The maximum absolute atomic E-state index is 5.44. The van der Waals surface area contributed by atoms with Crippen LogP contribution in [-0.4, -0.2) is 146 Å². The summed E-state index contributed by atoms with van der Waals surface area (Å²) in [6.45, 7) is 10.7. The fourth-order valence-electron chi connectivity index (χ4n) is 2.26. The molecular weight excluding hydrogens is 468 g/mol. The van der Waals surface area contributed by atoms with Crippen LogP contribution in [0.5, 0.6) is 0 Å². The van der Waals surface area contributed by atoms with E-state index in [0.717, 1.165) is 0 Å². The zero-order valence-electron chi connectivity index (χ0n) is 21.2. The normalized spacial score (nSPS) is 11.5. The minimum Gasteiger partial charge on any atom is -0.377 e. The lowest BCUT2D eigenvalue weighted by Gasteiger charge is -2.09. The average Bonchev–Trinajstić information content (AvgIpc) is 2.87. The molecule has 0 aliphatic heterocycles. The highest BCUT2D eigenvalue weighted by Gasteiger charge is 1.95. The third-order valence-corrected chi connectivity index (χ3v) is 3.96. The molecule has 0 unspecified atom stereocenters. The van der Waals surface area contributed by atoms with Crippen LogP contribution in [0.1, 0.15) is 0 Å². The highest BCUT2D eigenvalue weighted by molar-refractivity contribution is 4.38. The van der Waals surface area contributed by atoms with Crippen LogP contribution in [-0.2, 0) is 52.1 Å². The van der Waals surface area contributed by atoms with Gasteiger partial charge in [0.2, 0.25) is 0 Å². The molecule has 0 aromatic heterocycles. The number of nitrogens with two attached hydrogens (primary N) is 2. The van der Waals surface area contributed by atoms with Crippen molar-refractivity contribution in [2.45, 2.75) is 0 Å². The first-order valence-corrected chi connectivity index (χ1v) is 12.2. The van der Waals surface area contributed by atoms with Crippen molar-refractivity contribution in [3.8, 4) is 0 Å². The van der Waals surface area contributed by atoms with Gasteiger partial charge in [0.1, 0.15) is 0 Å². The summed E-state index contributed by atoms with van der Waals surface area (Å²) in [7, 11) is 0. The minimum absolute atomic E-state index is 0.212. The molecule has 0 spiro atoms. The summed E-state index contributed by atoms with van der Waals surface area (Å²) in [5.41, 5.74) is 10.4. The van der Waals surface area contributed by atoms with E-state index in [1.54, 1.807) is 0 Å². The molecule has 0 heterocycles. The lowest BCUT2D eigenvalue weighted by molar-refractivity contribution is -0.0274. The number of rotatable bonds is 32. The van der Waals surface area contributed by atoms with Crippen LogP contribution in [0.15, 0.2) is 0 Å². The highest BCUT2D eigenvalue weighted by Crippen LogP contribution is 1.86. The van der Waals surface area contributed by atoms with Crippen LogP contribution in [0.4, 0.5) is 0 Å². The topological polar surface area (TPSA) is 154 Å². The number of hydrogen-bond acceptors (Lipinski definition) is 13. The third-order valence-electron chi connectivity index (χ3n) is 3.96. The molecule has 0 aromatic carbocycles. The van der Waals surface area contributed by atoms with Crippen molar-refractivity contribution >= 4 is 0 Å². The Kier molecular flexibility index (Phi) is 33.0. The van der Waals surface area contributed by atoms with Crippen molar-refractivity contribution in [2.75, 3.05) is 146 Å². The standard InChI is InChI=1S/C22H48N2O11/c23-21-34-19-17-32-15-13-30-11-9-28-7-5-26-3-1-25-2-4-27-6-8-29-10-12-31-14-16-33-18-20-35-22-24/h1-24H2. The molecule has 0 saturated heterocycles. The minimum atomic E-state index is 0.212. The van der Waals surface area contributed by atoms with Gasteiger partial charge in [-0.1, -0.05) is 0 Å². The third kappa shape index (κ3) is 33.5. The smallest absolute Gasteiger partial charge is 0.0941 e. The fourth-order valence-corrected chi connectivity index (χ4v) is 2.26. The molecule has 0 aliphatic carbocycles. The van der Waals surface area contributed by atoms with Crippen molar-refractivity contribution in [3.05, 3.63) is 0 Å². The lowest BCUT2D eigenvalue weighted by Crippen LogP contribution is -2.15. The van der Waals surface area contributed by atoms with E-state index >= 15 is 0 Å². The van der Waals surface area contributed by atoms with Crippen LogP contribution >= 0.6 is 0 Å². The van der Waals surface area contributed by atoms with Crippen molar-refractivity contribution in [2.24, 2.45) is 11.5 Å². The summed E-state index contributed by atoms with van der Waals surface area (Å²) in [6.07, 6.45) is 0. The Labute approximate surface area is 209 Å². The predicted molar refractivity (Wildman–Crippen MR) is 127 cm³/mol. The molecule has 0 bridgehead atoms. The fraction of sp³-hybridized carbons (Fsp3) is 1.00. The van der Waals surface area contributed by atoms with E-state index in [-0.39, 0.29) is 13.5 Å². The van der Waals surface area contributed by atoms with E-state index in [0.29, 0.717) is 132 Å². The van der Waals surface area contributed by atoms with E-state index in [2.05, 4.69) is 0 Å². The van der Waals surface area contributed by atoms with Gasteiger partial charge in [0, 0.05) is 0 Å². The summed E-state index contributed by atoms with van der Waals surface area (Å²) in [6, 6.07) is 0. The van der Waals surface area contributed by atoms with Crippen LogP contribution in [0.2, 0.25) is 0 Å². The maximum atomic E-state index is 5.44. The van der Waals surface area contributed by atoms with Crippen LogP contribution < -0.4 is 11.5 Å². The van der Waals surface area contributed by atoms with E-state index in [1.807, 2.05) is 0 Å². The molecular formula is C22H48N2O11. The Morgan fingerprint density at radius 3 is 0.429 bits per heavy atom. The zero-order chi connectivity index (χ0) is 25.3. The van der Waals surface area contributed by atoms with Crippen LogP contribution in [0.25, 0.3) is 0 Å². The molecule has 212 valence electrons. The van der Waals surface area contributed by atoms with Gasteiger partial charge in [-0.05, 0) is 0 Å². The first-order valence-electron chi connectivity index (χ1n) is 12.2. The number of hydrogen-bond donors (Lipinski definition) is 2. The SMILES string of the molecule is NCOCCOCCOCCOCCOCCOCCOCCOCCOCCOCCOCN. The average molecular weight is 517 g/mol. The predicted octanol–water partition coefficient (Wildman–Crippen LogP) is -0.999. The summed E-state index contributed by atoms with van der Waals surface area (Å²) in [5, 5.41) is 0. The zero-order valence-corrected chi connectivity index (χ0v) is 21.2. The molecule has 0 amide bonds. The quantitative estimate of drug-likeness (QED) is 0.0831. The van der Waals surface area contributed by atoms with Crippen molar-refractivity contribution < 1.29 is 52.1 Å². The van der Waals surface area contributed by atoms with Gasteiger partial charge < -0.3 is 63.6 Å². The van der Waals surface area contributed by atoms with Gasteiger partial charge in [-0.15, -0.1) is 0 Å². The van der Waals surface area contributed by atoms with Gasteiger partial charge in [-0.3, -0.25) is 0 Å². The molecule has 0 fully saturated rings. The largest absolute Gasteiger partial charge is 0.377 e. The summed E-state index contributed by atoms with van der Waals surface area (Å²) in [4.78, 5) is 0. The van der Waals surface area contributed by atoms with Crippen molar-refractivity contribution in [1.29, 1.82) is 0 Å². The maximum Gasteiger partial charge on any atom is 0.0941 e. The molecule has 13 nitrogen and oxygen atoms in total. The second-order valence-electron chi connectivity index (χ2n) is 6.66. The molecule has 0 radical (unpaired) electrons. The van der Waals surface area contributed by atoms with Crippen molar-refractivity contribution in [3.63, 3.8) is 0 Å². The highest BCUT2D eigenvalue weighted by atomic mass is 16.6. The molecule has 4 N–H and O–H groups in total. The lowest BCUT2D eigenvalue weighted by atomic mass is 10.6. The van der Waals surface area contributed by atoms with Crippen LogP contribution in [0.3, 0.4) is 0 Å². The number of ether oxygens (including phenoxy) is 11. The van der Waals surface area contributed by atoms with Gasteiger partial charge in [0.25, 0.3) is 0 Å². The first kappa shape index (κ1) is 34.5. The van der Waals surface area contributed by atoms with Gasteiger partial charge >= 0.3 is 0 Å². The van der Waals surface area contributed by atoms with Gasteiger partial charge in [-0.25, -0.2) is 0 Å². The molecule has 0 atom stereocenters. The molecule has 13 heteroatoms. The molecule has 35 heavy (non-hydrogen) atoms. The second-order valence-corrected chi connectivity index (χ2v) is 6.66. The van der Waals surface area contributed by atoms with Gasteiger partial charge in [0.15, 0.2) is 0 Å². The monoisotopic (exact) mass is 516 g/mol. The van der Waals surface area contributed by atoms with Gasteiger partial charge in [-0.2, -0.15) is 0 Å². The van der Waals surface area contributed by atoms with Gasteiger partial charge in [0.05, 0.1) is 146 Å². The van der Waals surface area contributed by atoms with E-state index < -0.39 is 0 Å². The molecule has 0 aromatic rings. The second kappa shape index (κ2) is 33.5. The van der Waals surface area contributed by atoms with E-state index in [9.17, 15) is 0 Å². The van der Waals surface area contributed by atoms with Crippen LogP contribution in [0, 0.1) is 0 Å². The molecule has 0 rings (SSSR count). The Hall–Kier alpha value is -0.520. The summed E-state index contributed by atoms with van der Waals surface area (Å²) < 4.78 is 58.4. The van der Waals surface area contributed by atoms with Crippen molar-refractivity contribution in [1.82, 2.24) is 0 Å². The van der Waals surface area contributed by atoms with E-state index in [4.69, 9.17) is 63.6 Å². The summed E-state index contributed by atoms with van der Waals surface area (Å²) in [5.74, 6) is 0. The van der Waals surface area contributed by atoms with E-state index in [1.165, 1.54) is 0 Å². The Morgan fingerprint density at radius 1 is 0.200 bits per heavy atom. The Bertz CT molecular complexity index is 342.